The van der Waals surface area contributed by atoms with Crippen molar-refractivity contribution in [3.05, 3.63) is 113 Å². The maximum atomic E-state index is 13.3. The van der Waals surface area contributed by atoms with Crippen LogP contribution in [0.5, 0.6) is 5.75 Å². The predicted octanol–water partition coefficient (Wildman–Crippen LogP) is 6.03. The molecule has 0 radical (unpaired) electrons. The molecule has 5 rings (SSSR count). The third kappa shape index (κ3) is 9.41. The van der Waals surface area contributed by atoms with Gasteiger partial charge in [0, 0.05) is 40.8 Å². The number of anilines is 1. The molecule has 1 fully saturated rings. The average molecular weight is 663 g/mol. The Bertz CT molecular complexity index is 1720. The molecule has 4 aromatic rings. The van der Waals surface area contributed by atoms with Crippen LogP contribution in [-0.2, 0) is 22.0 Å². The molecule has 0 spiro atoms. The second kappa shape index (κ2) is 15.4. The van der Waals surface area contributed by atoms with Crippen molar-refractivity contribution in [2.75, 3.05) is 25.5 Å². The maximum Gasteiger partial charge on any atom is 0.252 e. The predicted molar refractivity (Wildman–Crippen MR) is 184 cm³/mol. The fourth-order valence-corrected chi connectivity index (χ4v) is 7.83. The third-order valence-electron chi connectivity index (χ3n) is 7.60. The van der Waals surface area contributed by atoms with Gasteiger partial charge in [0.05, 0.1) is 13.7 Å². The van der Waals surface area contributed by atoms with Gasteiger partial charge in [0.1, 0.15) is 9.96 Å². The summed E-state index contributed by atoms with van der Waals surface area (Å²) in [6.45, 7) is 7.79. The summed E-state index contributed by atoms with van der Waals surface area (Å²) in [7, 11) is -2.02. The van der Waals surface area contributed by atoms with Crippen LogP contribution < -0.4 is 21.1 Å². The van der Waals surface area contributed by atoms with Gasteiger partial charge in [-0.25, -0.2) is 8.42 Å². The molecule has 2 amide bonds. The molecule has 4 N–H and O–H groups in total. The van der Waals surface area contributed by atoms with Crippen LogP contribution in [0, 0.1) is 0 Å². The van der Waals surface area contributed by atoms with Crippen molar-refractivity contribution in [1.29, 1.82) is 0 Å². The fourth-order valence-electron chi connectivity index (χ4n) is 4.91. The zero-order chi connectivity index (χ0) is 33.3. The lowest BCUT2D eigenvalue weighted by Crippen LogP contribution is -2.42. The molecular formula is C35H42N4O5S2. The Hall–Kier alpha value is -4.19. The van der Waals surface area contributed by atoms with Crippen molar-refractivity contribution in [2.24, 2.45) is 5.73 Å². The maximum absolute atomic E-state index is 13.3. The van der Waals surface area contributed by atoms with E-state index in [1.165, 1.54) is 16.9 Å². The molecule has 1 aromatic heterocycles. The first-order valence-electron chi connectivity index (χ1n) is 15.1. The van der Waals surface area contributed by atoms with Crippen LogP contribution in [-0.4, -0.2) is 50.8 Å². The fraction of sp³-hybridized carbons (Fsp3) is 0.314. The van der Waals surface area contributed by atoms with Gasteiger partial charge in [-0.05, 0) is 78.4 Å². The zero-order valence-corrected chi connectivity index (χ0v) is 28.3. The highest BCUT2D eigenvalue weighted by molar-refractivity contribution is 7.91. The SMILES string of the molecule is COc1cccc(C(=O)NCc2ccc(S(=O)(=O)N3CCC(Nc4cccc(C(C)(C)C)c4)CC3)s2)c1.NC(=O)c1ccccc1. The molecule has 0 unspecified atom stereocenters. The molecule has 3 aromatic carbocycles. The van der Waals surface area contributed by atoms with E-state index in [9.17, 15) is 18.0 Å². The number of benzene rings is 3. The van der Waals surface area contributed by atoms with Gasteiger partial charge in [0.15, 0.2) is 0 Å². The number of nitrogens with two attached hydrogens (primary N) is 1. The van der Waals surface area contributed by atoms with Crippen molar-refractivity contribution < 1.29 is 22.7 Å². The number of methoxy groups -OCH3 is 1. The highest BCUT2D eigenvalue weighted by Crippen LogP contribution is 2.29. The van der Waals surface area contributed by atoms with E-state index in [4.69, 9.17) is 10.5 Å². The number of hydrogen-bond acceptors (Lipinski definition) is 7. The van der Waals surface area contributed by atoms with Gasteiger partial charge in [0.2, 0.25) is 5.91 Å². The van der Waals surface area contributed by atoms with Crippen molar-refractivity contribution in [3.63, 3.8) is 0 Å². The summed E-state index contributed by atoms with van der Waals surface area (Å²) in [5, 5.41) is 6.44. The highest BCUT2D eigenvalue weighted by atomic mass is 32.2. The molecule has 0 aliphatic carbocycles. The molecule has 0 saturated carbocycles. The molecule has 1 saturated heterocycles. The molecule has 0 bridgehead atoms. The molecule has 1 aliphatic rings. The summed E-state index contributed by atoms with van der Waals surface area (Å²) in [6.07, 6.45) is 1.49. The number of nitrogens with one attached hydrogen (secondary N) is 2. The number of piperidine rings is 1. The minimum atomic E-state index is -3.57. The monoisotopic (exact) mass is 662 g/mol. The summed E-state index contributed by atoms with van der Waals surface area (Å²) in [4.78, 5) is 23.7. The topological polar surface area (TPSA) is 131 Å². The van der Waals surface area contributed by atoms with E-state index in [1.807, 2.05) is 6.07 Å². The van der Waals surface area contributed by atoms with Crippen LogP contribution in [0.1, 0.15) is 64.8 Å². The van der Waals surface area contributed by atoms with Crippen LogP contribution in [0.15, 0.2) is 95.2 Å². The first-order chi connectivity index (χ1) is 21.9. The lowest BCUT2D eigenvalue weighted by atomic mass is 9.87. The van der Waals surface area contributed by atoms with Crippen LogP contribution in [0.2, 0.25) is 0 Å². The van der Waals surface area contributed by atoms with Crippen LogP contribution in [0.4, 0.5) is 5.69 Å². The Labute approximate surface area is 275 Å². The number of amides is 2. The molecule has 1 aliphatic heterocycles. The van der Waals surface area contributed by atoms with E-state index in [-0.39, 0.29) is 29.8 Å². The molecule has 9 nitrogen and oxygen atoms in total. The van der Waals surface area contributed by atoms with Gasteiger partial charge in [-0.3, -0.25) is 9.59 Å². The van der Waals surface area contributed by atoms with E-state index in [0.717, 1.165) is 23.4 Å². The van der Waals surface area contributed by atoms with Crippen LogP contribution in [0.25, 0.3) is 0 Å². The van der Waals surface area contributed by atoms with Gasteiger partial charge >= 0.3 is 0 Å². The second-order valence-corrected chi connectivity index (χ2v) is 15.4. The normalized spacial score (nSPS) is 14.1. The van der Waals surface area contributed by atoms with Crippen molar-refractivity contribution >= 4 is 38.9 Å². The number of nitrogens with zero attached hydrogens (tertiary/aromatic N) is 1. The lowest BCUT2D eigenvalue weighted by Gasteiger charge is -2.32. The van der Waals surface area contributed by atoms with Gasteiger partial charge in [-0.1, -0.05) is 57.2 Å². The standard InChI is InChI=1S/C28H35N3O4S2.C7H7NO/c1-28(2,3)21-8-6-9-23(18-21)30-22-13-15-31(16-14-22)37(33,34)26-12-11-25(36-26)19-29-27(32)20-7-5-10-24(17-20)35-4;8-7(9)6-4-2-1-3-5-6/h5-12,17-18,22,30H,13-16,19H2,1-4H3,(H,29,32);1-5H,(H2,8,9). The number of primary amides is 1. The summed E-state index contributed by atoms with van der Waals surface area (Å²) < 4.78 is 33.6. The quantitative estimate of drug-likeness (QED) is 0.201. The minimum Gasteiger partial charge on any atom is -0.497 e. The summed E-state index contributed by atoms with van der Waals surface area (Å²) in [5.74, 6) is -0.00975. The van der Waals surface area contributed by atoms with Crippen molar-refractivity contribution in [1.82, 2.24) is 9.62 Å². The zero-order valence-electron chi connectivity index (χ0n) is 26.7. The van der Waals surface area contributed by atoms with E-state index in [1.54, 1.807) is 72.1 Å². The smallest absolute Gasteiger partial charge is 0.252 e. The molecule has 0 atom stereocenters. The molecule has 244 valence electrons. The summed E-state index contributed by atoms with van der Waals surface area (Å²) in [6, 6.07) is 27.8. The molecular weight excluding hydrogens is 621 g/mol. The molecule has 11 heteroatoms. The first kappa shape index (κ1) is 34.7. The lowest BCUT2D eigenvalue weighted by molar-refractivity contribution is 0.0949. The van der Waals surface area contributed by atoms with Crippen molar-refractivity contribution in [3.8, 4) is 5.75 Å². The first-order valence-corrected chi connectivity index (χ1v) is 17.4. The average Bonchev–Trinajstić information content (AvgIpc) is 3.54. The van der Waals surface area contributed by atoms with Gasteiger partial charge < -0.3 is 21.1 Å². The summed E-state index contributed by atoms with van der Waals surface area (Å²) >= 11 is 1.20. The number of ether oxygens (including phenoxy) is 1. The number of carbonyl (C=O) groups is 2. The van der Waals surface area contributed by atoms with Crippen molar-refractivity contribution in [2.45, 2.75) is 55.8 Å². The number of thiophene rings is 1. The Morgan fingerprint density at radius 2 is 1.59 bits per heavy atom. The minimum absolute atomic E-state index is 0.0760. The van der Waals surface area contributed by atoms with Crippen LogP contribution >= 0.6 is 11.3 Å². The Balaban J connectivity index is 0.000000459. The summed E-state index contributed by atoms with van der Waals surface area (Å²) in [5.41, 5.74) is 8.44. The molecule has 46 heavy (non-hydrogen) atoms. The number of rotatable bonds is 9. The highest BCUT2D eigenvalue weighted by Gasteiger charge is 2.30. The number of hydrogen-bond donors (Lipinski definition) is 3. The number of carbonyl (C=O) groups excluding carboxylic acids is 2. The largest absolute Gasteiger partial charge is 0.497 e. The van der Waals surface area contributed by atoms with E-state index in [0.29, 0.717) is 34.2 Å². The van der Waals surface area contributed by atoms with Gasteiger partial charge in [0.25, 0.3) is 15.9 Å². The van der Waals surface area contributed by atoms with Crippen LogP contribution in [0.3, 0.4) is 0 Å². The number of sulfonamides is 1. The Kier molecular flexibility index (Phi) is 11.6. The van der Waals surface area contributed by atoms with Gasteiger partial charge in [-0.2, -0.15) is 4.31 Å². The Morgan fingerprint density at radius 1 is 0.913 bits per heavy atom. The van der Waals surface area contributed by atoms with Gasteiger partial charge in [-0.15, -0.1) is 11.3 Å². The Morgan fingerprint density at radius 3 is 2.22 bits per heavy atom. The van der Waals surface area contributed by atoms with E-state index in [2.05, 4.69) is 55.7 Å². The van der Waals surface area contributed by atoms with E-state index < -0.39 is 10.0 Å². The van der Waals surface area contributed by atoms with E-state index >= 15 is 0 Å². The second-order valence-electron chi connectivity index (χ2n) is 12.0. The molecule has 2 heterocycles. The third-order valence-corrected chi connectivity index (χ3v) is 11.0.